The lowest BCUT2D eigenvalue weighted by molar-refractivity contribution is 0.669. The van der Waals surface area contributed by atoms with Crippen molar-refractivity contribution in [1.29, 1.82) is 0 Å². The molecule has 0 saturated heterocycles. The second-order valence-electron chi connectivity index (χ2n) is 10.6. The fourth-order valence-corrected chi connectivity index (χ4v) is 6.82. The van der Waals surface area contributed by atoms with E-state index in [0.717, 1.165) is 27.6 Å². The molecule has 0 fully saturated rings. The first kappa shape index (κ1) is 21.0. The van der Waals surface area contributed by atoms with Crippen molar-refractivity contribution in [3.63, 3.8) is 0 Å². The highest BCUT2D eigenvalue weighted by Gasteiger charge is 2.38. The highest BCUT2D eigenvalue weighted by Crippen LogP contribution is 2.50. The molecule has 39 heavy (non-hydrogen) atoms. The van der Waals surface area contributed by atoms with Gasteiger partial charge in [0.15, 0.2) is 0 Å². The molecule has 1 aliphatic carbocycles. The van der Waals surface area contributed by atoms with E-state index in [9.17, 15) is 0 Å². The smallest absolute Gasteiger partial charge is 0.135 e. The Labute approximate surface area is 225 Å². The zero-order valence-electron chi connectivity index (χ0n) is 21.2. The third kappa shape index (κ3) is 2.87. The van der Waals surface area contributed by atoms with Crippen molar-refractivity contribution in [3.8, 4) is 5.69 Å². The number of benzene rings is 5. The molecule has 0 radical (unpaired) electrons. The summed E-state index contributed by atoms with van der Waals surface area (Å²) in [4.78, 5) is 2.51. The zero-order valence-corrected chi connectivity index (χ0v) is 21.2. The number of aromatic nitrogens is 1. The van der Waals surface area contributed by atoms with Gasteiger partial charge in [0.2, 0.25) is 0 Å². The van der Waals surface area contributed by atoms with Gasteiger partial charge in [-0.2, -0.15) is 0 Å². The van der Waals surface area contributed by atoms with Gasteiger partial charge in [-0.05, 0) is 60.2 Å². The summed E-state index contributed by atoms with van der Waals surface area (Å²) in [5.74, 6) is 0.324. The normalized spacial score (nSPS) is 18.0. The van der Waals surface area contributed by atoms with Crippen LogP contribution in [-0.4, -0.2) is 10.6 Å². The predicted octanol–water partition coefficient (Wildman–Crippen LogP) is 9.41. The summed E-state index contributed by atoms with van der Waals surface area (Å²) in [6, 6.07) is 39.5. The molecule has 0 saturated carbocycles. The van der Waals surface area contributed by atoms with Gasteiger partial charge in [-0.3, -0.25) is 0 Å². The lowest BCUT2D eigenvalue weighted by Gasteiger charge is -2.28. The maximum atomic E-state index is 6.15. The third-order valence-electron chi connectivity index (χ3n) is 8.50. The molecule has 0 bridgehead atoms. The second-order valence-corrected chi connectivity index (χ2v) is 10.6. The minimum Gasteiger partial charge on any atom is -0.456 e. The SMILES string of the molecule is C1=CC2c3cc4c5ccccc5n(-c5ccc6oc7ccccc7c6c5)c4cc3N(c3ccccc3)C2C=C1. The van der Waals surface area contributed by atoms with Crippen molar-refractivity contribution in [1.82, 2.24) is 4.57 Å². The van der Waals surface area contributed by atoms with Crippen molar-refractivity contribution in [2.24, 2.45) is 0 Å². The Morgan fingerprint density at radius 2 is 1.31 bits per heavy atom. The molecule has 3 nitrogen and oxygen atoms in total. The van der Waals surface area contributed by atoms with Gasteiger partial charge >= 0.3 is 0 Å². The summed E-state index contributed by atoms with van der Waals surface area (Å²) >= 11 is 0. The lowest BCUT2D eigenvalue weighted by atomic mass is 9.90. The van der Waals surface area contributed by atoms with Crippen LogP contribution in [0.4, 0.5) is 11.4 Å². The van der Waals surface area contributed by atoms with Crippen LogP contribution < -0.4 is 4.90 Å². The predicted molar refractivity (Wildman–Crippen MR) is 161 cm³/mol. The van der Waals surface area contributed by atoms with Gasteiger partial charge in [0.25, 0.3) is 0 Å². The number of furan rings is 1. The Kier molecular flexibility index (Phi) is 4.17. The Morgan fingerprint density at radius 1 is 0.538 bits per heavy atom. The summed E-state index contributed by atoms with van der Waals surface area (Å²) in [7, 11) is 0. The van der Waals surface area contributed by atoms with E-state index in [1.807, 2.05) is 12.1 Å². The molecule has 2 aliphatic rings. The van der Waals surface area contributed by atoms with E-state index in [0.29, 0.717) is 5.92 Å². The number of para-hydroxylation sites is 3. The maximum absolute atomic E-state index is 6.15. The van der Waals surface area contributed by atoms with E-state index < -0.39 is 0 Å². The molecule has 2 unspecified atom stereocenters. The van der Waals surface area contributed by atoms with Gasteiger partial charge in [0.1, 0.15) is 11.2 Å². The topological polar surface area (TPSA) is 21.3 Å². The molecule has 0 amide bonds. The van der Waals surface area contributed by atoms with E-state index in [2.05, 4.69) is 131 Å². The number of nitrogens with zero attached hydrogens (tertiary/aromatic N) is 2. The number of rotatable bonds is 2. The molecule has 0 N–H and O–H groups in total. The summed E-state index contributed by atoms with van der Waals surface area (Å²) in [6.45, 7) is 0. The summed E-state index contributed by atoms with van der Waals surface area (Å²) in [6.07, 6.45) is 9.07. The molecule has 2 aromatic heterocycles. The number of fused-ring (bicyclic) bond motifs is 9. The van der Waals surface area contributed by atoms with Crippen LogP contribution in [0.1, 0.15) is 11.5 Å². The third-order valence-corrected chi connectivity index (χ3v) is 8.50. The van der Waals surface area contributed by atoms with Gasteiger partial charge in [-0.25, -0.2) is 0 Å². The molecule has 7 aromatic rings. The van der Waals surface area contributed by atoms with E-state index in [-0.39, 0.29) is 6.04 Å². The van der Waals surface area contributed by atoms with E-state index >= 15 is 0 Å². The first-order valence-electron chi connectivity index (χ1n) is 13.5. The Morgan fingerprint density at radius 3 is 2.23 bits per heavy atom. The van der Waals surface area contributed by atoms with Gasteiger partial charge in [-0.1, -0.05) is 78.9 Å². The van der Waals surface area contributed by atoms with Crippen molar-refractivity contribution < 1.29 is 4.42 Å². The summed E-state index contributed by atoms with van der Waals surface area (Å²) < 4.78 is 8.57. The summed E-state index contributed by atoms with van der Waals surface area (Å²) in [5, 5.41) is 4.85. The number of hydrogen-bond acceptors (Lipinski definition) is 2. The van der Waals surface area contributed by atoms with E-state index in [1.54, 1.807) is 0 Å². The van der Waals surface area contributed by atoms with Gasteiger partial charge in [0, 0.05) is 44.5 Å². The Bertz CT molecular complexity index is 2140. The molecule has 184 valence electrons. The molecular formula is C36H24N2O. The van der Waals surface area contributed by atoms with Crippen LogP contribution in [0.2, 0.25) is 0 Å². The molecule has 9 rings (SSSR count). The van der Waals surface area contributed by atoms with E-state index in [1.165, 1.54) is 38.7 Å². The van der Waals surface area contributed by atoms with Crippen LogP contribution in [0.15, 0.2) is 138 Å². The molecule has 3 heteroatoms. The quantitative estimate of drug-likeness (QED) is 0.236. The summed E-state index contributed by atoms with van der Waals surface area (Å²) in [5.41, 5.74) is 9.29. The number of allylic oxidation sites excluding steroid dienone is 2. The van der Waals surface area contributed by atoms with Crippen molar-refractivity contribution in [2.75, 3.05) is 4.90 Å². The van der Waals surface area contributed by atoms with Crippen LogP contribution in [-0.2, 0) is 0 Å². The Balaban J connectivity index is 1.36. The molecule has 2 atom stereocenters. The van der Waals surface area contributed by atoms with Crippen molar-refractivity contribution >= 4 is 55.1 Å². The second kappa shape index (κ2) is 7.75. The van der Waals surface area contributed by atoms with Crippen molar-refractivity contribution in [2.45, 2.75) is 12.0 Å². The van der Waals surface area contributed by atoms with Crippen LogP contribution in [0, 0.1) is 0 Å². The number of hydrogen-bond donors (Lipinski definition) is 0. The lowest BCUT2D eigenvalue weighted by Crippen LogP contribution is -2.28. The van der Waals surface area contributed by atoms with Gasteiger partial charge in [0.05, 0.1) is 17.1 Å². The van der Waals surface area contributed by atoms with Crippen LogP contribution >= 0.6 is 0 Å². The zero-order chi connectivity index (χ0) is 25.5. The van der Waals surface area contributed by atoms with Crippen LogP contribution in [0.25, 0.3) is 49.4 Å². The Hall–Kier alpha value is -5.02. The number of anilines is 2. The van der Waals surface area contributed by atoms with Gasteiger partial charge in [-0.15, -0.1) is 0 Å². The first-order chi connectivity index (χ1) is 19.3. The minimum absolute atomic E-state index is 0.271. The maximum Gasteiger partial charge on any atom is 0.135 e. The minimum atomic E-state index is 0.271. The fourth-order valence-electron chi connectivity index (χ4n) is 6.82. The molecule has 0 spiro atoms. The molecule has 1 aliphatic heterocycles. The molecular weight excluding hydrogens is 476 g/mol. The van der Waals surface area contributed by atoms with Crippen molar-refractivity contribution in [3.05, 3.63) is 139 Å². The average Bonchev–Trinajstić information content (AvgIpc) is 3.63. The largest absolute Gasteiger partial charge is 0.456 e. The highest BCUT2D eigenvalue weighted by atomic mass is 16.3. The fraction of sp³-hybridized carbons (Fsp3) is 0.0556. The van der Waals surface area contributed by atoms with E-state index in [4.69, 9.17) is 4.42 Å². The van der Waals surface area contributed by atoms with Crippen LogP contribution in [0.5, 0.6) is 0 Å². The standard InChI is InChI=1S/C36H24N2O/c1-2-10-23(11-3-1)37-31-15-7-4-12-25(31)28-21-29-26-13-5-8-16-32(26)38(34(29)22-33(28)37)24-18-19-36-30(20-24)27-14-6-9-17-35(27)39-36/h1-22,25,31H. The average molecular weight is 501 g/mol. The molecule has 5 aromatic carbocycles. The first-order valence-corrected chi connectivity index (χ1v) is 13.5. The monoisotopic (exact) mass is 500 g/mol. The highest BCUT2D eigenvalue weighted by molar-refractivity contribution is 6.12. The van der Waals surface area contributed by atoms with Gasteiger partial charge < -0.3 is 13.9 Å². The molecule has 3 heterocycles. The van der Waals surface area contributed by atoms with Crippen LogP contribution in [0.3, 0.4) is 0 Å².